The molecule has 0 aromatic heterocycles. The van der Waals surface area contributed by atoms with Crippen molar-refractivity contribution in [2.24, 2.45) is 11.8 Å². The number of unbranched alkanes of at least 4 members (excludes halogenated alkanes) is 2. The third-order valence-corrected chi connectivity index (χ3v) is 4.92. The normalized spacial score (nSPS) is 25.6. The van der Waals surface area contributed by atoms with E-state index in [2.05, 4.69) is 0 Å². The lowest BCUT2D eigenvalue weighted by Crippen LogP contribution is -2.25. The van der Waals surface area contributed by atoms with E-state index in [1.807, 2.05) is 12.2 Å². The average molecular weight is 394 g/mol. The highest BCUT2D eigenvalue weighted by Gasteiger charge is 2.40. The van der Waals surface area contributed by atoms with Crippen LogP contribution in [0.4, 0.5) is 8.78 Å². The van der Waals surface area contributed by atoms with E-state index in [1.165, 1.54) is 6.08 Å². The third kappa shape index (κ3) is 7.17. The molecule has 1 saturated carbocycles. The molecule has 0 unspecified atom stereocenters. The van der Waals surface area contributed by atoms with Gasteiger partial charge in [-0.25, -0.2) is 0 Å². The maximum absolute atomic E-state index is 14.1. The van der Waals surface area contributed by atoms with Gasteiger partial charge in [0.15, 0.2) is 6.61 Å². The number of benzene rings is 1. The molecule has 0 saturated heterocycles. The van der Waals surface area contributed by atoms with Crippen molar-refractivity contribution in [1.82, 2.24) is 0 Å². The standard InChI is InChI=1S/C22H28F2O4/c23-22(24,16-28-17-9-5-4-6-10-17)13-12-19-18(20(26)15-21(19)27)11-7-2-1-3-8-14-25/h2,4-7,9-10,12-14,18-21,26-27H,1,3,8,11,15-16H2/b7-2-,13-12+/t18-,19-,20+,21-/m1/s1. The number of rotatable bonds is 11. The minimum atomic E-state index is -3.18. The van der Waals surface area contributed by atoms with Crippen LogP contribution in [-0.2, 0) is 4.79 Å². The lowest BCUT2D eigenvalue weighted by atomic mass is 9.89. The van der Waals surface area contributed by atoms with Crippen molar-refractivity contribution in [2.75, 3.05) is 6.61 Å². The molecule has 0 bridgehead atoms. The molecule has 154 valence electrons. The van der Waals surface area contributed by atoms with E-state index in [1.54, 1.807) is 30.3 Å². The van der Waals surface area contributed by atoms with Crippen molar-refractivity contribution in [3.8, 4) is 5.75 Å². The zero-order chi connectivity index (χ0) is 20.4. The first-order valence-electron chi connectivity index (χ1n) is 9.63. The van der Waals surface area contributed by atoms with Gasteiger partial charge in [-0.15, -0.1) is 0 Å². The topological polar surface area (TPSA) is 66.8 Å². The van der Waals surface area contributed by atoms with Gasteiger partial charge in [-0.2, -0.15) is 8.78 Å². The summed E-state index contributed by atoms with van der Waals surface area (Å²) < 4.78 is 33.4. The Kier molecular flexibility index (Phi) is 8.80. The number of aliphatic hydroxyl groups is 2. The summed E-state index contributed by atoms with van der Waals surface area (Å²) in [7, 11) is 0. The van der Waals surface area contributed by atoms with Crippen molar-refractivity contribution >= 4 is 6.29 Å². The zero-order valence-corrected chi connectivity index (χ0v) is 15.8. The van der Waals surface area contributed by atoms with E-state index in [9.17, 15) is 23.8 Å². The highest BCUT2D eigenvalue weighted by Crippen LogP contribution is 2.37. The molecule has 4 nitrogen and oxygen atoms in total. The number of aliphatic hydroxyl groups excluding tert-OH is 2. The van der Waals surface area contributed by atoms with Crippen LogP contribution in [0, 0.1) is 11.8 Å². The molecule has 4 atom stereocenters. The van der Waals surface area contributed by atoms with Gasteiger partial charge in [0.2, 0.25) is 0 Å². The lowest BCUT2D eigenvalue weighted by molar-refractivity contribution is -0.107. The quantitative estimate of drug-likeness (QED) is 0.339. The maximum atomic E-state index is 14.1. The van der Waals surface area contributed by atoms with Gasteiger partial charge in [0, 0.05) is 18.8 Å². The van der Waals surface area contributed by atoms with Crippen LogP contribution in [0.5, 0.6) is 5.75 Å². The summed E-state index contributed by atoms with van der Waals surface area (Å²) in [6, 6.07) is 8.39. The fourth-order valence-electron chi connectivity index (χ4n) is 3.39. The largest absolute Gasteiger partial charge is 0.487 e. The Balaban J connectivity index is 1.91. The molecule has 1 aromatic rings. The Morgan fingerprint density at radius 1 is 1.11 bits per heavy atom. The maximum Gasteiger partial charge on any atom is 0.299 e. The van der Waals surface area contributed by atoms with E-state index >= 15 is 0 Å². The second-order valence-electron chi connectivity index (χ2n) is 7.14. The Morgan fingerprint density at radius 2 is 1.86 bits per heavy atom. The van der Waals surface area contributed by atoms with Crippen LogP contribution in [0.2, 0.25) is 0 Å². The number of ether oxygens (including phenoxy) is 1. The summed E-state index contributed by atoms with van der Waals surface area (Å²) in [6.45, 7) is -0.791. The van der Waals surface area contributed by atoms with Crippen LogP contribution in [0.25, 0.3) is 0 Å². The van der Waals surface area contributed by atoms with Gasteiger partial charge in [0.05, 0.1) is 12.2 Å². The molecule has 2 rings (SSSR count). The Hall–Kier alpha value is -2.05. The summed E-state index contributed by atoms with van der Waals surface area (Å²) in [6.07, 6.45) is 7.82. The second kappa shape index (κ2) is 11.1. The number of carbonyl (C=O) groups excluding carboxylic acids is 1. The Bertz CT molecular complexity index is 645. The van der Waals surface area contributed by atoms with E-state index in [-0.39, 0.29) is 12.3 Å². The molecule has 1 fully saturated rings. The molecule has 0 heterocycles. The molecule has 6 heteroatoms. The first kappa shape index (κ1) is 22.2. The monoisotopic (exact) mass is 394 g/mol. The van der Waals surface area contributed by atoms with Crippen LogP contribution < -0.4 is 4.74 Å². The molecule has 1 aliphatic rings. The number of alkyl halides is 2. The molecule has 1 aromatic carbocycles. The van der Waals surface area contributed by atoms with Crippen molar-refractivity contribution in [3.05, 3.63) is 54.6 Å². The van der Waals surface area contributed by atoms with Gasteiger partial charge in [0.1, 0.15) is 12.0 Å². The highest BCUT2D eigenvalue weighted by molar-refractivity contribution is 5.49. The van der Waals surface area contributed by atoms with E-state index in [0.717, 1.165) is 25.2 Å². The van der Waals surface area contributed by atoms with Gasteiger partial charge in [0.25, 0.3) is 5.92 Å². The van der Waals surface area contributed by atoms with Crippen molar-refractivity contribution in [1.29, 1.82) is 0 Å². The van der Waals surface area contributed by atoms with Gasteiger partial charge in [-0.3, -0.25) is 0 Å². The van der Waals surface area contributed by atoms with Crippen LogP contribution >= 0.6 is 0 Å². The third-order valence-electron chi connectivity index (χ3n) is 4.92. The molecule has 0 amide bonds. The van der Waals surface area contributed by atoms with E-state index in [0.29, 0.717) is 18.6 Å². The van der Waals surface area contributed by atoms with Crippen LogP contribution in [0.15, 0.2) is 54.6 Å². The van der Waals surface area contributed by atoms with Gasteiger partial charge >= 0.3 is 0 Å². The van der Waals surface area contributed by atoms with Gasteiger partial charge in [-0.1, -0.05) is 36.4 Å². The first-order chi connectivity index (χ1) is 13.4. The fraction of sp³-hybridized carbons (Fsp3) is 0.500. The molecule has 1 aliphatic carbocycles. The highest BCUT2D eigenvalue weighted by atomic mass is 19.3. The number of para-hydroxylation sites is 1. The summed E-state index contributed by atoms with van der Waals surface area (Å²) in [5, 5.41) is 20.3. The smallest absolute Gasteiger partial charge is 0.299 e. The minimum Gasteiger partial charge on any atom is -0.487 e. The summed E-state index contributed by atoms with van der Waals surface area (Å²) in [5.41, 5.74) is 0. The number of allylic oxidation sites excluding steroid dienone is 2. The van der Waals surface area contributed by atoms with Crippen LogP contribution in [0.3, 0.4) is 0 Å². The number of hydrogen-bond acceptors (Lipinski definition) is 4. The summed E-state index contributed by atoms with van der Waals surface area (Å²) in [5.74, 6) is -3.68. The van der Waals surface area contributed by atoms with Crippen molar-refractivity contribution in [2.45, 2.75) is 50.2 Å². The predicted octanol–water partition coefficient (Wildman–Crippen LogP) is 3.93. The molecule has 2 N–H and O–H groups in total. The van der Waals surface area contributed by atoms with Crippen LogP contribution in [-0.4, -0.2) is 41.2 Å². The Morgan fingerprint density at radius 3 is 2.57 bits per heavy atom. The molecular weight excluding hydrogens is 366 g/mol. The average Bonchev–Trinajstić information content (AvgIpc) is 2.95. The fourth-order valence-corrected chi connectivity index (χ4v) is 3.39. The molecular formula is C22H28F2O4. The molecule has 28 heavy (non-hydrogen) atoms. The number of carbonyl (C=O) groups is 1. The van der Waals surface area contributed by atoms with Gasteiger partial charge < -0.3 is 19.7 Å². The number of hydrogen-bond donors (Lipinski definition) is 2. The minimum absolute atomic E-state index is 0.171. The van der Waals surface area contributed by atoms with E-state index in [4.69, 9.17) is 4.74 Å². The zero-order valence-electron chi connectivity index (χ0n) is 15.8. The molecule has 0 aliphatic heterocycles. The van der Waals surface area contributed by atoms with Crippen molar-refractivity contribution < 1.29 is 28.5 Å². The second-order valence-corrected chi connectivity index (χ2v) is 7.14. The Labute approximate surface area is 164 Å². The van der Waals surface area contributed by atoms with Crippen molar-refractivity contribution in [3.63, 3.8) is 0 Å². The lowest BCUT2D eigenvalue weighted by Gasteiger charge is -2.20. The van der Waals surface area contributed by atoms with E-state index < -0.39 is 30.7 Å². The SMILES string of the molecule is O=CCCC/C=C\C[C@@H]1[C@@H](/C=C/C(F)(F)COc2ccccc2)[C@H](O)C[C@@H]1O. The first-order valence-corrected chi connectivity index (χ1v) is 9.63. The summed E-state index contributed by atoms with van der Waals surface area (Å²) in [4.78, 5) is 10.3. The summed E-state index contributed by atoms with van der Waals surface area (Å²) >= 11 is 0. The van der Waals surface area contributed by atoms with Crippen LogP contribution in [0.1, 0.15) is 32.1 Å². The number of aldehydes is 1. The molecule has 0 radical (unpaired) electrons. The predicted molar refractivity (Wildman–Crippen MR) is 103 cm³/mol. The molecule has 0 spiro atoms. The number of halogens is 2. The van der Waals surface area contributed by atoms with Gasteiger partial charge in [-0.05, 0) is 43.4 Å².